The van der Waals surface area contributed by atoms with Crippen LogP contribution in [0.3, 0.4) is 0 Å². The fourth-order valence-corrected chi connectivity index (χ4v) is 2.05. The van der Waals surface area contributed by atoms with Crippen molar-refractivity contribution in [3.05, 3.63) is 34.5 Å². The lowest BCUT2D eigenvalue weighted by molar-refractivity contribution is 0.475. The predicted octanol–water partition coefficient (Wildman–Crippen LogP) is 4.00. The molecule has 0 spiro atoms. The van der Waals surface area contributed by atoms with Crippen LogP contribution in [0.5, 0.6) is 0 Å². The number of hydrogen-bond donors (Lipinski definition) is 1. The monoisotopic (exact) mass is 267 g/mol. The third-order valence-corrected chi connectivity index (χ3v) is 2.96. The molecule has 0 amide bonds. The smallest absolute Gasteiger partial charge is 0.134 e. The highest BCUT2D eigenvalue weighted by Crippen LogP contribution is 2.27. The summed E-state index contributed by atoms with van der Waals surface area (Å²) in [5.41, 5.74) is 6.90. The maximum Gasteiger partial charge on any atom is 0.134 e. The lowest BCUT2D eigenvalue weighted by Gasteiger charge is -2.04. The van der Waals surface area contributed by atoms with Crippen LogP contribution >= 0.6 is 15.9 Å². The van der Waals surface area contributed by atoms with E-state index in [1.165, 1.54) is 0 Å². The van der Waals surface area contributed by atoms with Gasteiger partial charge in [0.25, 0.3) is 0 Å². The van der Waals surface area contributed by atoms with Crippen molar-refractivity contribution in [2.75, 3.05) is 0 Å². The highest BCUT2D eigenvalue weighted by molar-refractivity contribution is 9.10. The van der Waals surface area contributed by atoms with E-state index in [1.54, 1.807) is 0 Å². The van der Waals surface area contributed by atoms with E-state index in [1.807, 2.05) is 24.3 Å². The average Bonchev–Trinajstić information content (AvgIpc) is 2.60. The molecule has 3 heteroatoms. The molecule has 0 saturated carbocycles. The highest BCUT2D eigenvalue weighted by atomic mass is 79.9. The Kier molecular flexibility index (Phi) is 3.12. The SMILES string of the molecule is CCCC(N)c1cc2cc(Br)ccc2o1. The van der Waals surface area contributed by atoms with E-state index >= 15 is 0 Å². The number of nitrogens with two attached hydrogens (primary N) is 1. The summed E-state index contributed by atoms with van der Waals surface area (Å²) in [6, 6.07) is 8.02. The zero-order valence-corrected chi connectivity index (χ0v) is 10.3. The van der Waals surface area contributed by atoms with Crippen molar-refractivity contribution < 1.29 is 4.42 Å². The van der Waals surface area contributed by atoms with Gasteiger partial charge in [0.05, 0.1) is 6.04 Å². The van der Waals surface area contributed by atoms with Crippen molar-refractivity contribution in [3.8, 4) is 0 Å². The van der Waals surface area contributed by atoms with Crippen LogP contribution in [0.15, 0.2) is 33.2 Å². The first-order chi connectivity index (χ1) is 7.20. The third-order valence-electron chi connectivity index (χ3n) is 2.46. The molecule has 15 heavy (non-hydrogen) atoms. The van der Waals surface area contributed by atoms with Gasteiger partial charge in [-0.05, 0) is 30.7 Å². The summed E-state index contributed by atoms with van der Waals surface area (Å²) < 4.78 is 6.75. The molecule has 2 N–H and O–H groups in total. The Hall–Kier alpha value is -0.800. The average molecular weight is 268 g/mol. The molecule has 1 atom stereocenters. The Balaban J connectivity index is 2.38. The van der Waals surface area contributed by atoms with Crippen LogP contribution in [0.25, 0.3) is 11.0 Å². The largest absolute Gasteiger partial charge is 0.459 e. The lowest BCUT2D eigenvalue weighted by atomic mass is 10.1. The van der Waals surface area contributed by atoms with Crippen molar-refractivity contribution in [2.45, 2.75) is 25.8 Å². The predicted molar refractivity (Wildman–Crippen MR) is 65.8 cm³/mol. The van der Waals surface area contributed by atoms with Crippen molar-refractivity contribution in [1.82, 2.24) is 0 Å². The normalized spacial score (nSPS) is 13.3. The van der Waals surface area contributed by atoms with Crippen molar-refractivity contribution in [1.29, 1.82) is 0 Å². The fraction of sp³-hybridized carbons (Fsp3) is 0.333. The maximum absolute atomic E-state index is 6.00. The molecule has 80 valence electrons. The van der Waals surface area contributed by atoms with E-state index in [-0.39, 0.29) is 6.04 Å². The van der Waals surface area contributed by atoms with E-state index in [0.29, 0.717) is 0 Å². The van der Waals surface area contributed by atoms with Gasteiger partial charge in [-0.3, -0.25) is 0 Å². The second-order valence-electron chi connectivity index (χ2n) is 3.73. The molecule has 1 aromatic carbocycles. The molecular weight excluding hydrogens is 254 g/mol. The van der Waals surface area contributed by atoms with Crippen LogP contribution < -0.4 is 5.73 Å². The number of halogens is 1. The zero-order chi connectivity index (χ0) is 10.8. The minimum Gasteiger partial charge on any atom is -0.459 e. The summed E-state index contributed by atoms with van der Waals surface area (Å²) >= 11 is 3.44. The van der Waals surface area contributed by atoms with Crippen LogP contribution in [-0.2, 0) is 0 Å². The third kappa shape index (κ3) is 2.24. The van der Waals surface area contributed by atoms with Crippen LogP contribution in [0.1, 0.15) is 31.6 Å². The molecule has 2 aromatic rings. The molecular formula is C12H14BrNO. The van der Waals surface area contributed by atoms with Gasteiger partial charge in [-0.15, -0.1) is 0 Å². The summed E-state index contributed by atoms with van der Waals surface area (Å²) in [5, 5.41) is 1.10. The Labute approximate surface area is 97.6 Å². The number of fused-ring (bicyclic) bond motifs is 1. The minimum absolute atomic E-state index is 0.0150. The molecule has 1 aromatic heterocycles. The molecule has 0 aliphatic carbocycles. The molecule has 0 radical (unpaired) electrons. The van der Waals surface area contributed by atoms with Crippen molar-refractivity contribution in [3.63, 3.8) is 0 Å². The fourth-order valence-electron chi connectivity index (χ4n) is 1.67. The standard InChI is InChI=1S/C12H14BrNO/c1-2-3-10(14)12-7-8-6-9(13)4-5-11(8)15-12/h4-7,10H,2-3,14H2,1H3. The Morgan fingerprint density at radius 1 is 1.40 bits per heavy atom. The summed E-state index contributed by atoms with van der Waals surface area (Å²) in [7, 11) is 0. The molecule has 2 nitrogen and oxygen atoms in total. The second-order valence-corrected chi connectivity index (χ2v) is 4.64. The first-order valence-electron chi connectivity index (χ1n) is 5.15. The quantitative estimate of drug-likeness (QED) is 0.913. The topological polar surface area (TPSA) is 39.2 Å². The van der Waals surface area contributed by atoms with Crippen LogP contribution in [0.2, 0.25) is 0 Å². The number of hydrogen-bond acceptors (Lipinski definition) is 2. The highest BCUT2D eigenvalue weighted by Gasteiger charge is 2.10. The molecule has 0 bridgehead atoms. The van der Waals surface area contributed by atoms with Crippen LogP contribution in [0.4, 0.5) is 0 Å². The van der Waals surface area contributed by atoms with Crippen LogP contribution in [-0.4, -0.2) is 0 Å². The van der Waals surface area contributed by atoms with Crippen molar-refractivity contribution in [2.24, 2.45) is 5.73 Å². The van der Waals surface area contributed by atoms with E-state index < -0.39 is 0 Å². The van der Waals surface area contributed by atoms with Crippen molar-refractivity contribution >= 4 is 26.9 Å². The number of furan rings is 1. The maximum atomic E-state index is 6.00. The molecule has 1 unspecified atom stereocenters. The van der Waals surface area contributed by atoms with E-state index in [0.717, 1.165) is 34.0 Å². The Morgan fingerprint density at radius 2 is 2.20 bits per heavy atom. The molecule has 0 fully saturated rings. The summed E-state index contributed by atoms with van der Waals surface area (Å²) in [5.74, 6) is 0.880. The number of rotatable bonds is 3. The molecule has 0 aliphatic rings. The van der Waals surface area contributed by atoms with Gasteiger partial charge >= 0.3 is 0 Å². The van der Waals surface area contributed by atoms with Gasteiger partial charge in [0, 0.05) is 9.86 Å². The molecule has 1 heterocycles. The summed E-state index contributed by atoms with van der Waals surface area (Å²) in [6.45, 7) is 2.12. The zero-order valence-electron chi connectivity index (χ0n) is 8.66. The summed E-state index contributed by atoms with van der Waals surface area (Å²) in [4.78, 5) is 0. The van der Waals surface area contributed by atoms with E-state index in [2.05, 4.69) is 22.9 Å². The molecule has 2 rings (SSSR count). The Bertz CT molecular complexity index is 464. The van der Waals surface area contributed by atoms with Gasteiger partial charge in [0.15, 0.2) is 0 Å². The van der Waals surface area contributed by atoms with Gasteiger partial charge < -0.3 is 10.2 Å². The van der Waals surface area contributed by atoms with E-state index in [4.69, 9.17) is 10.2 Å². The Morgan fingerprint density at radius 3 is 2.93 bits per heavy atom. The minimum atomic E-state index is 0.0150. The second kappa shape index (κ2) is 4.37. The van der Waals surface area contributed by atoms with E-state index in [9.17, 15) is 0 Å². The van der Waals surface area contributed by atoms with Gasteiger partial charge in [-0.1, -0.05) is 29.3 Å². The first-order valence-corrected chi connectivity index (χ1v) is 5.94. The number of benzene rings is 1. The molecule has 0 saturated heterocycles. The summed E-state index contributed by atoms with van der Waals surface area (Å²) in [6.07, 6.45) is 2.03. The van der Waals surface area contributed by atoms with Gasteiger partial charge in [0.1, 0.15) is 11.3 Å². The van der Waals surface area contributed by atoms with Gasteiger partial charge in [0.2, 0.25) is 0 Å². The molecule has 0 aliphatic heterocycles. The first kappa shape index (κ1) is 10.7. The van der Waals surface area contributed by atoms with Gasteiger partial charge in [-0.2, -0.15) is 0 Å². The van der Waals surface area contributed by atoms with Crippen LogP contribution in [0, 0.1) is 0 Å². The van der Waals surface area contributed by atoms with Gasteiger partial charge in [-0.25, -0.2) is 0 Å². The lowest BCUT2D eigenvalue weighted by Crippen LogP contribution is -2.08.